The van der Waals surface area contributed by atoms with Crippen molar-refractivity contribution in [2.75, 3.05) is 6.54 Å². The number of rotatable bonds is 5. The Morgan fingerprint density at radius 1 is 1.40 bits per heavy atom. The van der Waals surface area contributed by atoms with Gasteiger partial charge in [-0.3, -0.25) is 9.48 Å². The fraction of sp³-hybridized carbons (Fsp3) is 0.167. The summed E-state index contributed by atoms with van der Waals surface area (Å²) < 4.78 is 11.8. The van der Waals surface area contributed by atoms with Crippen LogP contribution in [0.5, 0.6) is 0 Å². The Labute approximate surface area is 113 Å². The highest BCUT2D eigenvalue weighted by Crippen LogP contribution is 2.20. The molecule has 0 unspecified atom stereocenters. The van der Waals surface area contributed by atoms with E-state index in [4.69, 9.17) is 8.94 Å². The molecular weight excluding hydrogens is 262 g/mol. The lowest BCUT2D eigenvalue weighted by Crippen LogP contribution is -2.27. The molecule has 0 saturated heterocycles. The van der Waals surface area contributed by atoms with E-state index in [0.29, 0.717) is 24.6 Å². The minimum atomic E-state index is -0.313. The van der Waals surface area contributed by atoms with Gasteiger partial charge >= 0.3 is 0 Å². The van der Waals surface area contributed by atoms with Gasteiger partial charge in [0.15, 0.2) is 11.5 Å². The van der Waals surface area contributed by atoms with Gasteiger partial charge in [-0.05, 0) is 12.1 Å². The van der Waals surface area contributed by atoms with E-state index in [1.165, 1.54) is 12.3 Å². The zero-order valence-corrected chi connectivity index (χ0v) is 10.4. The zero-order valence-electron chi connectivity index (χ0n) is 10.4. The standard InChI is InChI=1S/C12H11N5O3/c18-12(13-3-5-17-6-4-14-16-17)9-8-11(20-15-9)10-2-1-7-19-10/h1-2,4,6-8H,3,5H2,(H,13,18). The first-order valence-corrected chi connectivity index (χ1v) is 5.96. The average Bonchev–Trinajstić information content (AvgIpc) is 3.20. The Morgan fingerprint density at radius 3 is 3.10 bits per heavy atom. The molecule has 102 valence electrons. The van der Waals surface area contributed by atoms with Gasteiger partial charge in [0.25, 0.3) is 5.91 Å². The number of carbonyl (C=O) groups excluding carboxylic acids is 1. The van der Waals surface area contributed by atoms with E-state index >= 15 is 0 Å². The monoisotopic (exact) mass is 273 g/mol. The van der Waals surface area contributed by atoms with Crippen molar-refractivity contribution in [1.82, 2.24) is 25.5 Å². The van der Waals surface area contributed by atoms with Crippen LogP contribution in [0.25, 0.3) is 11.5 Å². The van der Waals surface area contributed by atoms with Gasteiger partial charge in [0.1, 0.15) is 0 Å². The lowest BCUT2D eigenvalue weighted by atomic mass is 10.3. The topological polar surface area (TPSA) is 99.0 Å². The zero-order chi connectivity index (χ0) is 13.8. The molecule has 0 aromatic carbocycles. The maximum atomic E-state index is 11.8. The van der Waals surface area contributed by atoms with Crippen LogP contribution in [0.15, 0.2) is 45.8 Å². The van der Waals surface area contributed by atoms with Crippen molar-refractivity contribution in [2.24, 2.45) is 0 Å². The van der Waals surface area contributed by atoms with Gasteiger partial charge in [-0.15, -0.1) is 5.10 Å². The van der Waals surface area contributed by atoms with E-state index in [1.54, 1.807) is 29.2 Å². The van der Waals surface area contributed by atoms with E-state index < -0.39 is 0 Å². The van der Waals surface area contributed by atoms with Crippen LogP contribution in [0.1, 0.15) is 10.5 Å². The number of amides is 1. The van der Waals surface area contributed by atoms with Gasteiger partial charge in [-0.2, -0.15) is 0 Å². The van der Waals surface area contributed by atoms with Gasteiger partial charge in [0, 0.05) is 18.8 Å². The van der Waals surface area contributed by atoms with Crippen molar-refractivity contribution in [3.8, 4) is 11.5 Å². The van der Waals surface area contributed by atoms with Crippen LogP contribution in [0.3, 0.4) is 0 Å². The van der Waals surface area contributed by atoms with Gasteiger partial charge in [-0.25, -0.2) is 0 Å². The maximum Gasteiger partial charge on any atom is 0.273 e. The van der Waals surface area contributed by atoms with E-state index in [-0.39, 0.29) is 11.6 Å². The first kappa shape index (κ1) is 12.2. The number of nitrogens with one attached hydrogen (secondary N) is 1. The summed E-state index contributed by atoms with van der Waals surface area (Å²) in [6, 6.07) is 4.99. The fourth-order valence-electron chi connectivity index (χ4n) is 1.64. The highest BCUT2D eigenvalue weighted by molar-refractivity contribution is 5.92. The molecule has 0 aliphatic heterocycles. The second-order valence-electron chi connectivity index (χ2n) is 3.98. The van der Waals surface area contributed by atoms with Crippen LogP contribution in [-0.2, 0) is 6.54 Å². The summed E-state index contributed by atoms with van der Waals surface area (Å²) in [6.45, 7) is 0.958. The van der Waals surface area contributed by atoms with Gasteiger partial charge < -0.3 is 14.3 Å². The molecule has 8 nitrogen and oxygen atoms in total. The van der Waals surface area contributed by atoms with Crippen LogP contribution >= 0.6 is 0 Å². The van der Waals surface area contributed by atoms with Crippen molar-refractivity contribution in [2.45, 2.75) is 6.54 Å². The average molecular weight is 273 g/mol. The van der Waals surface area contributed by atoms with Crippen LogP contribution < -0.4 is 5.32 Å². The number of hydrogen-bond acceptors (Lipinski definition) is 6. The Kier molecular flexibility index (Phi) is 3.27. The minimum Gasteiger partial charge on any atom is -0.461 e. The second kappa shape index (κ2) is 5.39. The first-order chi connectivity index (χ1) is 9.83. The third-order valence-electron chi connectivity index (χ3n) is 2.61. The molecule has 0 radical (unpaired) electrons. The number of aromatic nitrogens is 4. The molecule has 1 amide bonds. The van der Waals surface area contributed by atoms with Crippen molar-refractivity contribution < 1.29 is 13.7 Å². The Bertz CT molecular complexity index is 672. The summed E-state index contributed by atoms with van der Waals surface area (Å²) in [4.78, 5) is 11.8. The molecule has 3 heterocycles. The van der Waals surface area contributed by atoms with Crippen molar-refractivity contribution in [3.63, 3.8) is 0 Å². The summed E-state index contributed by atoms with van der Waals surface area (Å²) in [7, 11) is 0. The van der Waals surface area contributed by atoms with Gasteiger partial charge in [-0.1, -0.05) is 10.4 Å². The highest BCUT2D eigenvalue weighted by Gasteiger charge is 2.14. The quantitative estimate of drug-likeness (QED) is 0.743. The van der Waals surface area contributed by atoms with E-state index in [1.807, 2.05) is 0 Å². The predicted octanol–water partition coefficient (Wildman–Crippen LogP) is 0.956. The number of furan rings is 1. The lowest BCUT2D eigenvalue weighted by molar-refractivity contribution is 0.0943. The van der Waals surface area contributed by atoms with E-state index in [2.05, 4.69) is 20.8 Å². The number of nitrogens with zero attached hydrogens (tertiary/aromatic N) is 4. The van der Waals surface area contributed by atoms with Crippen molar-refractivity contribution in [1.29, 1.82) is 0 Å². The smallest absolute Gasteiger partial charge is 0.273 e. The molecule has 3 rings (SSSR count). The second-order valence-corrected chi connectivity index (χ2v) is 3.98. The first-order valence-electron chi connectivity index (χ1n) is 5.96. The van der Waals surface area contributed by atoms with Crippen LogP contribution in [0.2, 0.25) is 0 Å². The predicted molar refractivity (Wildman–Crippen MR) is 66.6 cm³/mol. The molecule has 0 saturated carbocycles. The van der Waals surface area contributed by atoms with E-state index in [0.717, 1.165) is 0 Å². The molecule has 3 aromatic rings. The molecule has 8 heteroatoms. The molecule has 0 atom stereocenters. The molecule has 0 aliphatic carbocycles. The third-order valence-corrected chi connectivity index (χ3v) is 2.61. The molecule has 0 spiro atoms. The molecule has 0 bridgehead atoms. The third kappa shape index (κ3) is 2.58. The fourth-order valence-corrected chi connectivity index (χ4v) is 1.64. The van der Waals surface area contributed by atoms with Crippen LogP contribution in [0.4, 0.5) is 0 Å². The Balaban J connectivity index is 1.57. The largest absolute Gasteiger partial charge is 0.461 e. The number of hydrogen-bond donors (Lipinski definition) is 1. The summed E-state index contributed by atoms with van der Waals surface area (Å²) >= 11 is 0. The Hall–Kier alpha value is -2.90. The normalized spacial score (nSPS) is 10.6. The summed E-state index contributed by atoms with van der Waals surface area (Å²) in [6.07, 6.45) is 4.82. The molecule has 3 aromatic heterocycles. The van der Waals surface area contributed by atoms with Crippen LogP contribution in [-0.4, -0.2) is 32.6 Å². The van der Waals surface area contributed by atoms with Gasteiger partial charge in [0.05, 0.1) is 19.0 Å². The molecular formula is C12H11N5O3. The Morgan fingerprint density at radius 2 is 2.35 bits per heavy atom. The van der Waals surface area contributed by atoms with Crippen LogP contribution in [0, 0.1) is 0 Å². The van der Waals surface area contributed by atoms with Crippen molar-refractivity contribution >= 4 is 5.91 Å². The SMILES string of the molecule is O=C(NCCn1ccnn1)c1cc(-c2ccco2)on1. The maximum absolute atomic E-state index is 11.8. The molecule has 0 fully saturated rings. The lowest BCUT2D eigenvalue weighted by Gasteiger charge is -2.01. The summed E-state index contributed by atoms with van der Waals surface area (Å²) in [5.41, 5.74) is 0.204. The molecule has 1 N–H and O–H groups in total. The number of carbonyl (C=O) groups is 1. The summed E-state index contributed by atoms with van der Waals surface area (Å²) in [5.74, 6) is 0.627. The summed E-state index contributed by atoms with van der Waals surface area (Å²) in [5, 5.41) is 13.9. The van der Waals surface area contributed by atoms with Gasteiger partial charge in [0.2, 0.25) is 5.76 Å². The van der Waals surface area contributed by atoms with Crippen molar-refractivity contribution in [3.05, 3.63) is 42.5 Å². The van der Waals surface area contributed by atoms with E-state index in [9.17, 15) is 4.79 Å². The minimum absolute atomic E-state index is 0.204. The highest BCUT2D eigenvalue weighted by atomic mass is 16.5. The molecule has 20 heavy (non-hydrogen) atoms. The molecule has 0 aliphatic rings.